The molecule has 4 nitrogen and oxygen atoms in total. The van der Waals surface area contributed by atoms with Crippen LogP contribution >= 0.6 is 0 Å². The second-order valence-electron chi connectivity index (χ2n) is 5.27. The van der Waals surface area contributed by atoms with E-state index in [-0.39, 0.29) is 0 Å². The smallest absolute Gasteiger partial charge is 0.175 e. The molecular formula is C14H22N2O2S. The lowest BCUT2D eigenvalue weighted by Crippen LogP contribution is -2.35. The number of benzene rings is 1. The molecule has 0 aromatic heterocycles. The standard InChI is InChI=1S/C14H22N2O2S/c1-12(16-9-3-4-10-16)11-15-13-5-7-14(8-6-13)19(2,17)18/h5-8,12,15H,3-4,9-11H2,1-2H3. The monoisotopic (exact) mass is 282 g/mol. The van der Waals surface area contributed by atoms with Gasteiger partial charge >= 0.3 is 0 Å². The summed E-state index contributed by atoms with van der Waals surface area (Å²) in [7, 11) is -3.10. The first-order valence-electron chi connectivity index (χ1n) is 6.75. The molecule has 0 spiro atoms. The molecule has 1 atom stereocenters. The van der Waals surface area contributed by atoms with Gasteiger partial charge in [-0.3, -0.25) is 4.90 Å². The van der Waals surface area contributed by atoms with Crippen LogP contribution < -0.4 is 5.32 Å². The third kappa shape index (κ3) is 3.94. The van der Waals surface area contributed by atoms with E-state index in [2.05, 4.69) is 17.1 Å². The third-order valence-corrected chi connectivity index (χ3v) is 4.78. The van der Waals surface area contributed by atoms with E-state index in [1.165, 1.54) is 32.2 Å². The van der Waals surface area contributed by atoms with E-state index < -0.39 is 9.84 Å². The van der Waals surface area contributed by atoms with Gasteiger partial charge in [-0.2, -0.15) is 0 Å². The highest BCUT2D eigenvalue weighted by Gasteiger charge is 2.17. The van der Waals surface area contributed by atoms with Crippen molar-refractivity contribution in [2.45, 2.75) is 30.7 Å². The maximum atomic E-state index is 11.4. The zero-order valence-corrected chi connectivity index (χ0v) is 12.4. The Kier molecular flexibility index (Phi) is 4.47. The van der Waals surface area contributed by atoms with Gasteiger partial charge in [-0.25, -0.2) is 8.42 Å². The molecule has 1 aromatic rings. The zero-order valence-electron chi connectivity index (χ0n) is 11.6. The molecule has 1 N–H and O–H groups in total. The van der Waals surface area contributed by atoms with Crippen LogP contribution in [-0.2, 0) is 9.84 Å². The van der Waals surface area contributed by atoms with Crippen LogP contribution in [0.15, 0.2) is 29.2 Å². The molecule has 5 heteroatoms. The van der Waals surface area contributed by atoms with Crippen LogP contribution in [0, 0.1) is 0 Å². The summed E-state index contributed by atoms with van der Waals surface area (Å²) in [4.78, 5) is 2.85. The predicted molar refractivity (Wildman–Crippen MR) is 78.3 cm³/mol. The lowest BCUT2D eigenvalue weighted by atomic mass is 10.2. The van der Waals surface area contributed by atoms with Gasteiger partial charge in [0.05, 0.1) is 4.90 Å². The summed E-state index contributed by atoms with van der Waals surface area (Å²) in [5.74, 6) is 0. The lowest BCUT2D eigenvalue weighted by Gasteiger charge is -2.24. The number of hydrogen-bond donors (Lipinski definition) is 1. The molecule has 1 saturated heterocycles. The largest absolute Gasteiger partial charge is 0.383 e. The second-order valence-corrected chi connectivity index (χ2v) is 7.29. The lowest BCUT2D eigenvalue weighted by molar-refractivity contribution is 0.269. The van der Waals surface area contributed by atoms with Crippen molar-refractivity contribution in [1.82, 2.24) is 4.90 Å². The van der Waals surface area contributed by atoms with Crippen LogP contribution in [0.2, 0.25) is 0 Å². The first-order chi connectivity index (χ1) is 8.97. The minimum atomic E-state index is -3.10. The van der Waals surface area contributed by atoms with E-state index in [9.17, 15) is 8.42 Å². The summed E-state index contributed by atoms with van der Waals surface area (Å²) in [6, 6.07) is 7.47. The Morgan fingerprint density at radius 1 is 1.21 bits per heavy atom. The summed E-state index contributed by atoms with van der Waals surface area (Å²) < 4.78 is 22.7. The highest BCUT2D eigenvalue weighted by Crippen LogP contribution is 2.15. The number of likely N-dealkylation sites (tertiary alicyclic amines) is 1. The van der Waals surface area contributed by atoms with Crippen LogP contribution in [0.25, 0.3) is 0 Å². The Morgan fingerprint density at radius 2 is 1.79 bits per heavy atom. The molecule has 1 fully saturated rings. The number of nitrogens with one attached hydrogen (secondary N) is 1. The van der Waals surface area contributed by atoms with Gasteiger partial charge in [0.25, 0.3) is 0 Å². The van der Waals surface area contributed by atoms with Crippen molar-refractivity contribution in [3.63, 3.8) is 0 Å². The van der Waals surface area contributed by atoms with Gasteiger partial charge in [0, 0.05) is 24.5 Å². The quantitative estimate of drug-likeness (QED) is 0.897. The van der Waals surface area contributed by atoms with Gasteiger partial charge in [0.1, 0.15) is 0 Å². The van der Waals surface area contributed by atoms with E-state index in [1.807, 2.05) is 12.1 Å². The third-order valence-electron chi connectivity index (χ3n) is 3.65. The van der Waals surface area contributed by atoms with Gasteiger partial charge in [0.2, 0.25) is 0 Å². The average Bonchev–Trinajstić information content (AvgIpc) is 2.89. The van der Waals surface area contributed by atoms with Crippen molar-refractivity contribution in [2.24, 2.45) is 0 Å². The first-order valence-corrected chi connectivity index (χ1v) is 8.64. The van der Waals surface area contributed by atoms with Crippen LogP contribution in [0.5, 0.6) is 0 Å². The maximum absolute atomic E-state index is 11.4. The number of sulfone groups is 1. The Hall–Kier alpha value is -1.07. The molecule has 1 heterocycles. The van der Waals surface area contributed by atoms with Gasteiger partial charge in [-0.1, -0.05) is 0 Å². The van der Waals surface area contributed by atoms with Crippen molar-refractivity contribution in [3.05, 3.63) is 24.3 Å². The molecule has 0 aliphatic carbocycles. The predicted octanol–water partition coefficient (Wildman–Crippen LogP) is 1.99. The molecule has 106 valence electrons. The average molecular weight is 282 g/mol. The van der Waals surface area contributed by atoms with Gasteiger partial charge < -0.3 is 5.32 Å². The number of rotatable bonds is 5. The molecule has 1 aliphatic heterocycles. The van der Waals surface area contributed by atoms with Crippen molar-refractivity contribution < 1.29 is 8.42 Å². The van der Waals surface area contributed by atoms with Crippen molar-refractivity contribution in [2.75, 3.05) is 31.2 Å². The molecule has 1 aromatic carbocycles. The van der Waals surface area contributed by atoms with Crippen LogP contribution in [-0.4, -0.2) is 45.2 Å². The van der Waals surface area contributed by atoms with Crippen molar-refractivity contribution in [1.29, 1.82) is 0 Å². The topological polar surface area (TPSA) is 49.4 Å². The second kappa shape index (κ2) is 5.92. The Morgan fingerprint density at radius 3 is 2.32 bits per heavy atom. The van der Waals surface area contributed by atoms with Crippen molar-refractivity contribution in [3.8, 4) is 0 Å². The molecule has 0 radical (unpaired) electrons. The zero-order chi connectivity index (χ0) is 13.9. The van der Waals surface area contributed by atoms with E-state index in [0.29, 0.717) is 10.9 Å². The highest BCUT2D eigenvalue weighted by atomic mass is 32.2. The molecular weight excluding hydrogens is 260 g/mol. The Bertz CT molecular complexity index is 505. The normalized spacial score (nSPS) is 18.4. The molecule has 19 heavy (non-hydrogen) atoms. The van der Waals surface area contributed by atoms with E-state index in [1.54, 1.807) is 12.1 Å². The van der Waals surface area contributed by atoms with E-state index in [0.717, 1.165) is 12.2 Å². The molecule has 0 amide bonds. The van der Waals surface area contributed by atoms with Gasteiger partial charge in [-0.15, -0.1) is 0 Å². The Balaban J connectivity index is 1.89. The summed E-state index contributed by atoms with van der Waals surface area (Å²) in [6.45, 7) is 5.49. The highest BCUT2D eigenvalue weighted by molar-refractivity contribution is 7.90. The minimum Gasteiger partial charge on any atom is -0.383 e. The fourth-order valence-corrected chi connectivity index (χ4v) is 3.03. The van der Waals surface area contributed by atoms with E-state index in [4.69, 9.17) is 0 Å². The van der Waals surface area contributed by atoms with Gasteiger partial charge in [0.15, 0.2) is 9.84 Å². The van der Waals surface area contributed by atoms with Crippen LogP contribution in [0.1, 0.15) is 19.8 Å². The summed E-state index contributed by atoms with van der Waals surface area (Å²) >= 11 is 0. The fraction of sp³-hybridized carbons (Fsp3) is 0.571. The van der Waals surface area contributed by atoms with Gasteiger partial charge in [-0.05, 0) is 57.1 Å². The summed E-state index contributed by atoms with van der Waals surface area (Å²) in [6.07, 6.45) is 3.83. The molecule has 0 bridgehead atoms. The number of nitrogens with zero attached hydrogens (tertiary/aromatic N) is 1. The fourth-order valence-electron chi connectivity index (χ4n) is 2.40. The Labute approximate surface area is 115 Å². The number of anilines is 1. The summed E-state index contributed by atoms with van der Waals surface area (Å²) in [5, 5.41) is 3.36. The van der Waals surface area contributed by atoms with Crippen molar-refractivity contribution >= 4 is 15.5 Å². The maximum Gasteiger partial charge on any atom is 0.175 e. The number of hydrogen-bond acceptors (Lipinski definition) is 4. The first kappa shape index (κ1) is 14.3. The molecule has 1 aliphatic rings. The molecule has 2 rings (SSSR count). The van der Waals surface area contributed by atoms with E-state index >= 15 is 0 Å². The van der Waals surface area contributed by atoms with Crippen LogP contribution in [0.3, 0.4) is 0 Å². The summed E-state index contributed by atoms with van der Waals surface area (Å²) in [5.41, 5.74) is 0.971. The minimum absolute atomic E-state index is 0.366. The van der Waals surface area contributed by atoms with Crippen LogP contribution in [0.4, 0.5) is 5.69 Å². The SMILES string of the molecule is CC(CNc1ccc(S(C)(=O)=O)cc1)N1CCCC1. The molecule has 0 saturated carbocycles. The molecule has 1 unspecified atom stereocenters.